The number of halogens is 1. The van der Waals surface area contributed by atoms with Crippen molar-refractivity contribution in [1.29, 1.82) is 0 Å². The van der Waals surface area contributed by atoms with Crippen LogP contribution in [0.25, 0.3) is 0 Å². The van der Waals surface area contributed by atoms with Crippen LogP contribution in [0.1, 0.15) is 25.0 Å². The van der Waals surface area contributed by atoms with E-state index in [0.29, 0.717) is 6.54 Å². The van der Waals surface area contributed by atoms with Gasteiger partial charge in [0, 0.05) is 30.7 Å². The van der Waals surface area contributed by atoms with Gasteiger partial charge in [0.1, 0.15) is 0 Å². The van der Waals surface area contributed by atoms with E-state index in [4.69, 9.17) is 11.6 Å². The van der Waals surface area contributed by atoms with Crippen molar-refractivity contribution in [2.75, 3.05) is 18.4 Å². The molecule has 0 radical (unpaired) electrons. The number of anilines is 1. The number of rotatable bonds is 7. The SMILES string of the molecule is CCNC(=NCc1cccc(NC(C)=O)c1)NCCc1ccccc1Cl. The van der Waals surface area contributed by atoms with Crippen LogP contribution in [-0.4, -0.2) is 25.0 Å². The van der Waals surface area contributed by atoms with Crippen LogP contribution in [0.5, 0.6) is 0 Å². The number of carbonyl (C=O) groups excluding carboxylic acids is 1. The first-order valence-corrected chi connectivity index (χ1v) is 9.08. The fourth-order valence-corrected chi connectivity index (χ4v) is 2.71. The Morgan fingerprint density at radius 2 is 1.92 bits per heavy atom. The standard InChI is InChI=1S/C20H25ClN4O/c1-3-22-20(23-12-11-17-8-4-5-10-19(17)21)24-14-16-7-6-9-18(13-16)25-15(2)26/h4-10,13H,3,11-12,14H2,1-2H3,(H,25,26)(H2,22,23,24). The summed E-state index contributed by atoms with van der Waals surface area (Å²) in [6.45, 7) is 5.57. The van der Waals surface area contributed by atoms with E-state index >= 15 is 0 Å². The number of guanidine groups is 1. The largest absolute Gasteiger partial charge is 0.357 e. The molecule has 5 nitrogen and oxygen atoms in total. The van der Waals surface area contributed by atoms with Gasteiger partial charge in [-0.05, 0) is 42.7 Å². The van der Waals surface area contributed by atoms with Crippen LogP contribution in [0.3, 0.4) is 0 Å². The number of hydrogen-bond acceptors (Lipinski definition) is 2. The van der Waals surface area contributed by atoms with E-state index in [0.717, 1.165) is 47.3 Å². The molecule has 0 unspecified atom stereocenters. The molecule has 0 saturated carbocycles. The topological polar surface area (TPSA) is 65.5 Å². The van der Waals surface area contributed by atoms with Crippen molar-refractivity contribution in [3.8, 4) is 0 Å². The van der Waals surface area contributed by atoms with E-state index in [1.807, 2.05) is 55.5 Å². The number of hydrogen-bond donors (Lipinski definition) is 3. The Balaban J connectivity index is 1.93. The zero-order chi connectivity index (χ0) is 18.8. The van der Waals surface area contributed by atoms with Crippen LogP contribution in [0.4, 0.5) is 5.69 Å². The van der Waals surface area contributed by atoms with Crippen LogP contribution in [-0.2, 0) is 17.8 Å². The number of carbonyl (C=O) groups is 1. The van der Waals surface area contributed by atoms with Crippen LogP contribution in [0.15, 0.2) is 53.5 Å². The van der Waals surface area contributed by atoms with Gasteiger partial charge >= 0.3 is 0 Å². The van der Waals surface area contributed by atoms with E-state index < -0.39 is 0 Å². The van der Waals surface area contributed by atoms with Gasteiger partial charge in [-0.2, -0.15) is 0 Å². The minimum atomic E-state index is -0.0831. The maximum absolute atomic E-state index is 11.2. The molecule has 0 heterocycles. The molecule has 0 fully saturated rings. The van der Waals surface area contributed by atoms with Crippen LogP contribution < -0.4 is 16.0 Å². The molecule has 0 atom stereocenters. The van der Waals surface area contributed by atoms with Gasteiger partial charge < -0.3 is 16.0 Å². The molecule has 3 N–H and O–H groups in total. The highest BCUT2D eigenvalue weighted by Gasteiger charge is 2.02. The number of benzene rings is 2. The normalized spacial score (nSPS) is 11.1. The van der Waals surface area contributed by atoms with Crippen molar-refractivity contribution in [2.45, 2.75) is 26.8 Å². The number of aliphatic imine (C=N–C) groups is 1. The number of nitrogens with zero attached hydrogens (tertiary/aromatic N) is 1. The molecule has 0 saturated heterocycles. The Kier molecular flexibility index (Phi) is 7.96. The molecule has 0 aliphatic rings. The van der Waals surface area contributed by atoms with Gasteiger partial charge in [0.25, 0.3) is 0 Å². The van der Waals surface area contributed by atoms with Crippen LogP contribution in [0, 0.1) is 0 Å². The lowest BCUT2D eigenvalue weighted by Gasteiger charge is -2.12. The lowest BCUT2D eigenvalue weighted by molar-refractivity contribution is -0.114. The minimum absolute atomic E-state index is 0.0831. The molecule has 0 aromatic heterocycles. The quantitative estimate of drug-likeness (QED) is 0.514. The summed E-state index contributed by atoms with van der Waals surface area (Å²) in [5, 5.41) is 10.1. The Hall–Kier alpha value is -2.53. The number of amides is 1. The zero-order valence-electron chi connectivity index (χ0n) is 15.2. The van der Waals surface area contributed by atoms with Crippen molar-refractivity contribution in [1.82, 2.24) is 10.6 Å². The van der Waals surface area contributed by atoms with Gasteiger partial charge in [-0.15, -0.1) is 0 Å². The lowest BCUT2D eigenvalue weighted by atomic mass is 10.1. The van der Waals surface area contributed by atoms with Crippen molar-refractivity contribution >= 4 is 29.2 Å². The lowest BCUT2D eigenvalue weighted by Crippen LogP contribution is -2.38. The summed E-state index contributed by atoms with van der Waals surface area (Å²) in [6, 6.07) is 15.5. The third kappa shape index (κ3) is 6.76. The first-order valence-electron chi connectivity index (χ1n) is 8.70. The van der Waals surface area contributed by atoms with Gasteiger partial charge in [0.2, 0.25) is 5.91 Å². The van der Waals surface area contributed by atoms with Crippen molar-refractivity contribution in [3.05, 3.63) is 64.7 Å². The summed E-state index contributed by atoms with van der Waals surface area (Å²) in [5.74, 6) is 0.671. The summed E-state index contributed by atoms with van der Waals surface area (Å²) < 4.78 is 0. The van der Waals surface area contributed by atoms with E-state index in [1.54, 1.807) is 0 Å². The molecule has 26 heavy (non-hydrogen) atoms. The van der Waals surface area contributed by atoms with Gasteiger partial charge in [-0.25, -0.2) is 4.99 Å². The van der Waals surface area contributed by atoms with E-state index in [-0.39, 0.29) is 5.91 Å². The van der Waals surface area contributed by atoms with E-state index in [9.17, 15) is 4.79 Å². The average molecular weight is 373 g/mol. The first-order chi connectivity index (χ1) is 12.6. The maximum Gasteiger partial charge on any atom is 0.221 e. The van der Waals surface area contributed by atoms with Crippen molar-refractivity contribution in [3.63, 3.8) is 0 Å². The minimum Gasteiger partial charge on any atom is -0.357 e. The molecule has 1 amide bonds. The second kappa shape index (κ2) is 10.5. The van der Waals surface area contributed by atoms with E-state index in [1.165, 1.54) is 6.92 Å². The summed E-state index contributed by atoms with van der Waals surface area (Å²) >= 11 is 6.19. The van der Waals surface area contributed by atoms with Gasteiger partial charge in [0.05, 0.1) is 6.54 Å². The monoisotopic (exact) mass is 372 g/mol. The Bertz CT molecular complexity index is 761. The number of nitrogens with one attached hydrogen (secondary N) is 3. The third-order valence-corrected chi connectivity index (χ3v) is 4.02. The molecule has 0 aliphatic carbocycles. The molecular weight excluding hydrogens is 348 g/mol. The Morgan fingerprint density at radius 1 is 1.12 bits per heavy atom. The fourth-order valence-electron chi connectivity index (χ4n) is 2.48. The second-order valence-electron chi connectivity index (χ2n) is 5.84. The Labute approximate surface area is 159 Å². The van der Waals surface area contributed by atoms with Gasteiger partial charge in [-0.3, -0.25) is 4.79 Å². The molecule has 6 heteroatoms. The highest BCUT2D eigenvalue weighted by molar-refractivity contribution is 6.31. The Morgan fingerprint density at radius 3 is 2.65 bits per heavy atom. The molecule has 0 aliphatic heterocycles. The maximum atomic E-state index is 11.2. The predicted octanol–water partition coefficient (Wildman–Crippen LogP) is 3.60. The zero-order valence-corrected chi connectivity index (χ0v) is 15.9. The molecule has 2 aromatic carbocycles. The molecule has 2 aromatic rings. The predicted molar refractivity (Wildman–Crippen MR) is 109 cm³/mol. The summed E-state index contributed by atoms with van der Waals surface area (Å²) in [4.78, 5) is 15.8. The summed E-state index contributed by atoms with van der Waals surface area (Å²) in [7, 11) is 0. The highest BCUT2D eigenvalue weighted by Crippen LogP contribution is 2.15. The molecule has 138 valence electrons. The molecule has 0 spiro atoms. The molecule has 0 bridgehead atoms. The highest BCUT2D eigenvalue weighted by atomic mass is 35.5. The summed E-state index contributed by atoms with van der Waals surface area (Å²) in [6.07, 6.45) is 0.822. The fraction of sp³-hybridized carbons (Fsp3) is 0.300. The third-order valence-electron chi connectivity index (χ3n) is 3.66. The van der Waals surface area contributed by atoms with Crippen LogP contribution >= 0.6 is 11.6 Å². The van der Waals surface area contributed by atoms with Gasteiger partial charge in [-0.1, -0.05) is 41.9 Å². The summed E-state index contributed by atoms with van der Waals surface area (Å²) in [5.41, 5.74) is 2.92. The average Bonchev–Trinajstić information content (AvgIpc) is 2.61. The van der Waals surface area contributed by atoms with Gasteiger partial charge in [0.15, 0.2) is 5.96 Å². The van der Waals surface area contributed by atoms with Crippen molar-refractivity contribution in [2.24, 2.45) is 4.99 Å². The molecular formula is C20H25ClN4O. The molecule has 2 rings (SSSR count). The second-order valence-corrected chi connectivity index (χ2v) is 6.25. The van der Waals surface area contributed by atoms with E-state index in [2.05, 4.69) is 20.9 Å². The smallest absolute Gasteiger partial charge is 0.221 e. The first kappa shape index (κ1) is 19.8. The van der Waals surface area contributed by atoms with Crippen LogP contribution in [0.2, 0.25) is 5.02 Å². The van der Waals surface area contributed by atoms with Crippen molar-refractivity contribution < 1.29 is 4.79 Å².